The average molecular weight is 580 g/mol. The molecule has 226 valence electrons. The molecule has 0 saturated carbocycles. The fraction of sp³-hybridized carbons (Fsp3) is 0.562. The van der Waals surface area contributed by atoms with E-state index >= 15 is 0 Å². The Labute approximate surface area is 246 Å². The van der Waals surface area contributed by atoms with E-state index in [0.29, 0.717) is 13.0 Å². The summed E-state index contributed by atoms with van der Waals surface area (Å²) in [6.45, 7) is 7.51. The predicted octanol–water partition coefficient (Wildman–Crippen LogP) is 2.24. The number of amides is 3. The lowest BCUT2D eigenvalue weighted by atomic mass is 9.77. The second-order valence-corrected chi connectivity index (χ2v) is 12.6. The van der Waals surface area contributed by atoms with Crippen LogP contribution in [0.1, 0.15) is 52.2 Å². The normalized spacial score (nSPS) is 34.7. The van der Waals surface area contributed by atoms with Gasteiger partial charge in [0.15, 0.2) is 0 Å². The standard InChI is InChI=1S/C32H41N3O7/c1-20-26(21-12-7-6-8-13-21)41-30(40)24-22(14-9-10-15-23(37)33(20)5)42-32-16-11-17-35(31(2,3)4)29(39)27(32)34(18-19-36)28(38)25(24)32/h6-9,11-14,16,20,22,24-27,36H,10,15,17-19H2,1-5H3/b14-9-/t20-,22-,24+,25+,26+,27-,32+/m0/s1. The Morgan fingerprint density at radius 2 is 1.76 bits per heavy atom. The molecule has 10 nitrogen and oxygen atoms in total. The first-order valence-electron chi connectivity index (χ1n) is 14.7. The molecule has 0 bridgehead atoms. The molecule has 0 radical (unpaired) electrons. The maximum absolute atomic E-state index is 14.3. The van der Waals surface area contributed by atoms with Crippen LogP contribution < -0.4 is 0 Å². The predicted molar refractivity (Wildman–Crippen MR) is 154 cm³/mol. The van der Waals surface area contributed by atoms with Gasteiger partial charge >= 0.3 is 5.97 Å². The maximum atomic E-state index is 14.3. The van der Waals surface area contributed by atoms with Gasteiger partial charge in [0.25, 0.3) is 0 Å². The Morgan fingerprint density at radius 3 is 2.43 bits per heavy atom. The highest BCUT2D eigenvalue weighted by Crippen LogP contribution is 2.53. The number of likely N-dealkylation sites (N-methyl/N-ethyl adjacent to an activating group) is 1. The van der Waals surface area contributed by atoms with Gasteiger partial charge in [0, 0.05) is 32.1 Å². The molecule has 4 heterocycles. The Morgan fingerprint density at radius 1 is 1.05 bits per heavy atom. The van der Waals surface area contributed by atoms with Crippen molar-refractivity contribution < 1.29 is 33.8 Å². The number of aliphatic hydroxyl groups excluding tert-OH is 1. The maximum Gasteiger partial charge on any atom is 0.313 e. The summed E-state index contributed by atoms with van der Waals surface area (Å²) in [5, 5.41) is 9.89. The molecule has 4 aliphatic rings. The lowest BCUT2D eigenvalue weighted by molar-refractivity contribution is -0.164. The van der Waals surface area contributed by atoms with Crippen molar-refractivity contribution in [2.24, 2.45) is 11.8 Å². The van der Waals surface area contributed by atoms with Crippen LogP contribution >= 0.6 is 0 Å². The molecule has 1 N–H and O–H groups in total. The first-order chi connectivity index (χ1) is 19.9. The van der Waals surface area contributed by atoms with Gasteiger partial charge < -0.3 is 29.3 Å². The first-order valence-corrected chi connectivity index (χ1v) is 14.7. The summed E-state index contributed by atoms with van der Waals surface area (Å²) < 4.78 is 12.9. The number of β-amino-alcohol motifs (C(OH)–C–C–N with tert-alkyl or cyclic N) is 1. The van der Waals surface area contributed by atoms with Gasteiger partial charge in [-0.25, -0.2) is 0 Å². The van der Waals surface area contributed by atoms with Gasteiger partial charge in [-0.2, -0.15) is 0 Å². The molecule has 3 amide bonds. The molecule has 42 heavy (non-hydrogen) atoms. The molecular weight excluding hydrogens is 538 g/mol. The second-order valence-electron chi connectivity index (χ2n) is 12.6. The topological polar surface area (TPSA) is 117 Å². The van der Waals surface area contributed by atoms with E-state index in [1.165, 1.54) is 4.90 Å². The van der Waals surface area contributed by atoms with E-state index in [1.54, 1.807) is 35.1 Å². The number of esters is 1. The Hall–Kier alpha value is -3.50. The van der Waals surface area contributed by atoms with Crippen LogP contribution in [0.4, 0.5) is 0 Å². The minimum atomic E-state index is -1.43. The highest BCUT2D eigenvalue weighted by Gasteiger charge is 2.72. The number of fused-ring (bicyclic) bond motifs is 2. The van der Waals surface area contributed by atoms with Crippen LogP contribution in [0.3, 0.4) is 0 Å². The number of carbonyl (C=O) groups excluding carboxylic acids is 4. The van der Waals surface area contributed by atoms with Crippen LogP contribution in [-0.4, -0.2) is 99.6 Å². The third kappa shape index (κ3) is 4.94. The molecule has 0 aromatic heterocycles. The van der Waals surface area contributed by atoms with Crippen molar-refractivity contribution in [1.82, 2.24) is 14.7 Å². The third-order valence-corrected chi connectivity index (χ3v) is 9.08. The monoisotopic (exact) mass is 579 g/mol. The summed E-state index contributed by atoms with van der Waals surface area (Å²) in [6, 6.07) is 7.69. The zero-order valence-electron chi connectivity index (χ0n) is 24.9. The van der Waals surface area contributed by atoms with Gasteiger partial charge in [-0.05, 0) is 39.7 Å². The molecule has 2 saturated heterocycles. The quantitative estimate of drug-likeness (QED) is 0.431. The number of hydrogen-bond donors (Lipinski definition) is 1. The molecule has 1 aromatic rings. The largest absolute Gasteiger partial charge is 0.455 e. The van der Waals surface area contributed by atoms with E-state index in [4.69, 9.17) is 9.47 Å². The molecule has 10 heteroatoms. The van der Waals surface area contributed by atoms with E-state index in [0.717, 1.165) is 5.56 Å². The molecule has 1 aromatic carbocycles. The molecule has 0 unspecified atom stereocenters. The fourth-order valence-electron chi connectivity index (χ4n) is 6.84. The van der Waals surface area contributed by atoms with Crippen LogP contribution in [0.5, 0.6) is 0 Å². The number of rotatable bonds is 3. The number of likely N-dealkylation sites (tertiary alicyclic amines) is 1. The zero-order valence-corrected chi connectivity index (χ0v) is 24.9. The fourth-order valence-corrected chi connectivity index (χ4v) is 6.84. The first kappa shape index (κ1) is 30.0. The number of cyclic esters (lactones) is 1. The molecular formula is C32H41N3O7. The van der Waals surface area contributed by atoms with Crippen molar-refractivity contribution in [3.8, 4) is 0 Å². The molecule has 5 rings (SSSR count). The van der Waals surface area contributed by atoms with Gasteiger partial charge in [-0.1, -0.05) is 54.6 Å². The minimum absolute atomic E-state index is 0.0679. The van der Waals surface area contributed by atoms with Crippen molar-refractivity contribution in [2.45, 2.75) is 76.0 Å². The number of nitrogens with zero attached hydrogens (tertiary/aromatic N) is 3. The van der Waals surface area contributed by atoms with Crippen molar-refractivity contribution in [3.05, 3.63) is 60.2 Å². The van der Waals surface area contributed by atoms with Crippen LogP contribution in [-0.2, 0) is 28.7 Å². The van der Waals surface area contributed by atoms with Crippen molar-refractivity contribution in [2.75, 3.05) is 26.7 Å². The van der Waals surface area contributed by atoms with Gasteiger partial charge in [-0.3, -0.25) is 19.2 Å². The summed E-state index contributed by atoms with van der Waals surface area (Å²) in [4.78, 5) is 60.3. The lowest BCUT2D eigenvalue weighted by Crippen LogP contribution is -2.58. The summed E-state index contributed by atoms with van der Waals surface area (Å²) in [5.41, 5.74) is -1.25. The second kappa shape index (κ2) is 11.3. The van der Waals surface area contributed by atoms with Crippen LogP contribution in [0.2, 0.25) is 0 Å². The SMILES string of the molecule is C[C@H]1[C@H](c2ccccc2)OC(=O)[C@@H]2[C@H](/C=C\CCC(=O)N1C)O[C@@]13C=CCN(C(C)(C)C)C(=O)[C@@H]1N(CCO)C(=O)[C@@H]23. The highest BCUT2D eigenvalue weighted by molar-refractivity contribution is 5.99. The van der Waals surface area contributed by atoms with Crippen LogP contribution in [0.25, 0.3) is 0 Å². The summed E-state index contributed by atoms with van der Waals surface area (Å²) in [6.07, 6.45) is 6.14. The summed E-state index contributed by atoms with van der Waals surface area (Å²) in [7, 11) is 1.70. The molecule has 1 spiro atoms. The summed E-state index contributed by atoms with van der Waals surface area (Å²) >= 11 is 0. The number of ether oxygens (including phenoxy) is 2. The van der Waals surface area contributed by atoms with E-state index < -0.39 is 59.1 Å². The number of allylic oxidation sites excluding steroid dienone is 1. The highest BCUT2D eigenvalue weighted by atomic mass is 16.6. The Bertz CT molecular complexity index is 1290. The van der Waals surface area contributed by atoms with Crippen LogP contribution in [0.15, 0.2) is 54.6 Å². The molecule has 4 aliphatic heterocycles. The molecule has 7 atom stereocenters. The van der Waals surface area contributed by atoms with Crippen LogP contribution in [0, 0.1) is 11.8 Å². The van der Waals surface area contributed by atoms with E-state index in [9.17, 15) is 24.3 Å². The van der Waals surface area contributed by atoms with Gasteiger partial charge in [0.2, 0.25) is 17.7 Å². The van der Waals surface area contributed by atoms with E-state index in [-0.39, 0.29) is 31.4 Å². The minimum Gasteiger partial charge on any atom is -0.455 e. The van der Waals surface area contributed by atoms with Crippen molar-refractivity contribution in [3.63, 3.8) is 0 Å². The van der Waals surface area contributed by atoms with Crippen molar-refractivity contribution >= 4 is 23.7 Å². The lowest BCUT2D eigenvalue weighted by Gasteiger charge is -2.40. The van der Waals surface area contributed by atoms with Crippen molar-refractivity contribution in [1.29, 1.82) is 0 Å². The Kier molecular flexibility index (Phi) is 8.06. The number of benzene rings is 1. The molecule has 2 fully saturated rings. The van der Waals surface area contributed by atoms with E-state index in [2.05, 4.69) is 0 Å². The van der Waals surface area contributed by atoms with E-state index in [1.807, 2.05) is 64.1 Å². The van der Waals surface area contributed by atoms with Gasteiger partial charge in [0.1, 0.15) is 23.7 Å². The number of aliphatic hydroxyl groups is 1. The molecule has 0 aliphatic carbocycles. The van der Waals surface area contributed by atoms with Gasteiger partial charge in [0.05, 0.1) is 24.7 Å². The summed E-state index contributed by atoms with van der Waals surface area (Å²) in [5.74, 6) is -3.52. The Balaban J connectivity index is 1.62. The number of hydrogen-bond acceptors (Lipinski definition) is 7. The smallest absolute Gasteiger partial charge is 0.313 e. The zero-order chi connectivity index (χ0) is 30.4. The average Bonchev–Trinajstić information content (AvgIpc) is 3.32. The van der Waals surface area contributed by atoms with Gasteiger partial charge in [-0.15, -0.1) is 0 Å². The third-order valence-electron chi connectivity index (χ3n) is 9.08. The number of carbonyl (C=O) groups is 4.